The van der Waals surface area contributed by atoms with Crippen LogP contribution in [0, 0.1) is 5.41 Å². The Morgan fingerprint density at radius 1 is 1.11 bits per heavy atom. The number of nitrogens with one attached hydrogen (secondary N) is 2. The van der Waals surface area contributed by atoms with E-state index in [1.54, 1.807) is 0 Å². The van der Waals surface area contributed by atoms with Crippen LogP contribution >= 0.6 is 0 Å². The normalized spacial score (nSPS) is 11.5. The largest absolute Gasteiger partial charge is 2.00 e. The average Bonchev–Trinajstić information content (AvgIpc) is 2.17. The van der Waals surface area contributed by atoms with Crippen molar-refractivity contribution in [2.45, 2.75) is 13.8 Å². The Hall–Kier alpha value is -1.35. The molecule has 0 atom stereocenters. The summed E-state index contributed by atoms with van der Waals surface area (Å²) in [4.78, 5) is 17.8. The number of morpholine rings is 1. The topological polar surface area (TPSA) is 177 Å². The number of rotatable bonds is 0. The average molecular weight is 328 g/mol. The van der Waals surface area contributed by atoms with E-state index in [4.69, 9.17) is 29.9 Å². The van der Waals surface area contributed by atoms with Gasteiger partial charge in [0, 0.05) is 25.0 Å². The summed E-state index contributed by atoms with van der Waals surface area (Å²) in [5, 5.41) is 27.0. The van der Waals surface area contributed by atoms with E-state index in [1.807, 2.05) is 0 Å². The summed E-state index contributed by atoms with van der Waals surface area (Å²) in [6.07, 6.45) is 0. The van der Waals surface area contributed by atoms with Crippen LogP contribution in [0.15, 0.2) is 0 Å². The van der Waals surface area contributed by atoms with Gasteiger partial charge in [0.2, 0.25) is 0 Å². The van der Waals surface area contributed by atoms with Crippen LogP contribution in [0.25, 0.3) is 0 Å². The molecular formula is C9H20CuN4O5. The number of ether oxygens (including phenoxy) is 1. The van der Waals surface area contributed by atoms with Gasteiger partial charge in [0.15, 0.2) is 5.96 Å². The van der Waals surface area contributed by atoms with E-state index in [0.29, 0.717) is 0 Å². The Labute approximate surface area is 122 Å². The van der Waals surface area contributed by atoms with Crippen molar-refractivity contribution < 1.29 is 41.6 Å². The third kappa shape index (κ3) is 165. The van der Waals surface area contributed by atoms with Crippen molar-refractivity contribution in [1.82, 2.24) is 5.32 Å². The summed E-state index contributed by atoms with van der Waals surface area (Å²) in [5.41, 5.74) is 8.94. The van der Waals surface area contributed by atoms with Gasteiger partial charge in [-0.05, 0) is 13.8 Å². The van der Waals surface area contributed by atoms with Gasteiger partial charge in [-0.1, -0.05) is 0 Å². The van der Waals surface area contributed by atoms with E-state index in [9.17, 15) is 0 Å². The number of carboxylic acids is 2. The van der Waals surface area contributed by atoms with Gasteiger partial charge < -0.3 is 41.3 Å². The Balaban J connectivity index is -0.0000000796. The first kappa shape index (κ1) is 26.3. The van der Waals surface area contributed by atoms with Crippen molar-refractivity contribution in [2.75, 3.05) is 26.3 Å². The van der Waals surface area contributed by atoms with Gasteiger partial charge in [-0.25, -0.2) is 0 Å². The first-order chi connectivity index (χ1) is 8.20. The Kier molecular flexibility index (Phi) is 30.2. The second kappa shape index (κ2) is 21.9. The smallest absolute Gasteiger partial charge is 0.550 e. The maximum Gasteiger partial charge on any atom is 2.00 e. The van der Waals surface area contributed by atoms with E-state index >= 15 is 0 Å². The van der Waals surface area contributed by atoms with Crippen molar-refractivity contribution in [3.8, 4) is 0 Å². The van der Waals surface area contributed by atoms with Crippen LogP contribution in [0.2, 0.25) is 0 Å². The standard InChI is InChI=1S/C4H9NO.2C2H4O2.CH5N3.Cu/c1-3-6-4-2-5-1;2*1-2(3)4;2-1(3)4;/h5H,1-4H2;2*1H3,(H,3,4);(H5,2,3,4);/q;;;;+2/p-2. The van der Waals surface area contributed by atoms with Crippen LogP contribution in [0.5, 0.6) is 0 Å². The summed E-state index contributed by atoms with van der Waals surface area (Å²) in [7, 11) is 0. The van der Waals surface area contributed by atoms with Crippen molar-refractivity contribution in [3.05, 3.63) is 0 Å². The first-order valence-corrected chi connectivity index (χ1v) is 4.93. The van der Waals surface area contributed by atoms with E-state index in [-0.39, 0.29) is 23.0 Å². The molecule has 1 aliphatic heterocycles. The molecule has 1 aliphatic rings. The maximum atomic E-state index is 8.89. The van der Waals surface area contributed by atoms with Gasteiger partial charge in [0.25, 0.3) is 0 Å². The van der Waals surface area contributed by atoms with Gasteiger partial charge >= 0.3 is 17.1 Å². The molecule has 117 valence electrons. The van der Waals surface area contributed by atoms with Crippen molar-refractivity contribution in [1.29, 1.82) is 5.41 Å². The molecular weight excluding hydrogens is 308 g/mol. The Morgan fingerprint density at radius 2 is 1.32 bits per heavy atom. The molecule has 10 heteroatoms. The fourth-order valence-corrected chi connectivity index (χ4v) is 0.516. The van der Waals surface area contributed by atoms with Gasteiger partial charge in [-0.15, -0.1) is 0 Å². The summed E-state index contributed by atoms with van der Waals surface area (Å²) in [5.74, 6) is -2.50. The van der Waals surface area contributed by atoms with E-state index < -0.39 is 11.9 Å². The monoisotopic (exact) mass is 327 g/mol. The molecule has 1 heterocycles. The molecule has 6 N–H and O–H groups in total. The molecule has 1 rings (SSSR count). The molecule has 1 radical (unpaired) electrons. The minimum Gasteiger partial charge on any atom is -0.550 e. The first-order valence-electron chi connectivity index (χ1n) is 4.93. The third-order valence-corrected chi connectivity index (χ3v) is 0.846. The zero-order valence-electron chi connectivity index (χ0n) is 10.8. The van der Waals surface area contributed by atoms with Gasteiger partial charge in [0.05, 0.1) is 13.2 Å². The number of hydrogen-bond acceptors (Lipinski definition) is 7. The summed E-state index contributed by atoms with van der Waals surface area (Å²) in [6, 6.07) is 0. The molecule has 0 bridgehead atoms. The molecule has 0 aromatic carbocycles. The molecule has 0 aromatic heterocycles. The number of aliphatic carboxylic acids is 2. The Bertz CT molecular complexity index is 185. The fraction of sp³-hybridized carbons (Fsp3) is 0.667. The number of nitrogens with two attached hydrogens (primary N) is 2. The van der Waals surface area contributed by atoms with Crippen LogP contribution in [0.1, 0.15) is 13.8 Å². The minimum absolute atomic E-state index is 0. The second-order valence-corrected chi connectivity index (χ2v) is 2.80. The number of carboxylic acid groups (broad SMARTS) is 2. The SMILES string of the molecule is C1COCCN1.CC(=O)[O-].CC(=O)[O-].N=C(N)N.[Cu+2]. The van der Waals surface area contributed by atoms with Crippen molar-refractivity contribution in [2.24, 2.45) is 11.5 Å². The molecule has 0 aliphatic carbocycles. The molecule has 0 unspecified atom stereocenters. The zero-order chi connectivity index (χ0) is 15.0. The number of carbonyl (C=O) groups is 2. The summed E-state index contributed by atoms with van der Waals surface area (Å²) in [6.45, 7) is 5.78. The van der Waals surface area contributed by atoms with E-state index in [0.717, 1.165) is 40.2 Å². The minimum atomic E-state index is -1.08. The summed E-state index contributed by atoms with van der Waals surface area (Å²) >= 11 is 0. The molecule has 19 heavy (non-hydrogen) atoms. The predicted molar refractivity (Wildman–Crippen MR) is 61.2 cm³/mol. The van der Waals surface area contributed by atoms with Crippen molar-refractivity contribution >= 4 is 17.9 Å². The molecule has 0 spiro atoms. The van der Waals surface area contributed by atoms with Crippen LogP contribution in [-0.2, 0) is 31.4 Å². The maximum absolute atomic E-state index is 8.89. The van der Waals surface area contributed by atoms with Gasteiger partial charge in [0.1, 0.15) is 0 Å². The molecule has 1 fully saturated rings. The quantitative estimate of drug-likeness (QED) is 0.197. The van der Waals surface area contributed by atoms with Crippen molar-refractivity contribution in [3.63, 3.8) is 0 Å². The molecule has 9 nitrogen and oxygen atoms in total. The molecule has 1 saturated heterocycles. The number of guanidine groups is 1. The fourth-order valence-electron chi connectivity index (χ4n) is 0.516. The van der Waals surface area contributed by atoms with Crippen LogP contribution in [0.4, 0.5) is 0 Å². The van der Waals surface area contributed by atoms with Crippen LogP contribution in [0.3, 0.4) is 0 Å². The van der Waals surface area contributed by atoms with E-state index in [2.05, 4.69) is 16.8 Å². The summed E-state index contributed by atoms with van der Waals surface area (Å²) < 4.78 is 5.01. The molecule has 0 aromatic rings. The van der Waals surface area contributed by atoms with Crippen LogP contribution in [-0.4, -0.2) is 44.2 Å². The van der Waals surface area contributed by atoms with Gasteiger partial charge in [-0.3, -0.25) is 5.41 Å². The third-order valence-electron chi connectivity index (χ3n) is 0.846. The second-order valence-electron chi connectivity index (χ2n) is 2.80. The van der Waals surface area contributed by atoms with Gasteiger partial charge in [-0.2, -0.15) is 0 Å². The van der Waals surface area contributed by atoms with Crippen LogP contribution < -0.4 is 27.0 Å². The number of carbonyl (C=O) groups excluding carboxylic acids is 2. The Morgan fingerprint density at radius 3 is 1.37 bits per heavy atom. The molecule has 0 amide bonds. The predicted octanol–water partition coefficient (Wildman–Crippen LogP) is -4.05. The van der Waals surface area contributed by atoms with E-state index in [1.165, 1.54) is 0 Å². The number of hydrogen-bond donors (Lipinski definition) is 4. The zero-order valence-corrected chi connectivity index (χ0v) is 11.8. The molecule has 0 saturated carbocycles.